The summed E-state index contributed by atoms with van der Waals surface area (Å²) in [5.41, 5.74) is 2.91. The Morgan fingerprint density at radius 3 is 2.90 bits per heavy atom. The van der Waals surface area contributed by atoms with Crippen molar-refractivity contribution in [3.63, 3.8) is 0 Å². The van der Waals surface area contributed by atoms with Crippen molar-refractivity contribution in [2.24, 2.45) is 0 Å². The van der Waals surface area contributed by atoms with Gasteiger partial charge in [0.2, 0.25) is 0 Å². The Bertz CT molecular complexity index is 688. The first-order chi connectivity index (χ1) is 10.1. The second-order valence-electron chi connectivity index (χ2n) is 5.20. The maximum atomic E-state index is 13.2. The van der Waals surface area contributed by atoms with Gasteiger partial charge in [-0.15, -0.1) is 0 Å². The third-order valence-electron chi connectivity index (χ3n) is 3.91. The fraction of sp³-hybridized carbons (Fsp3) is 0.250. The lowest BCUT2D eigenvalue weighted by molar-refractivity contribution is -0.385. The molecule has 1 atom stereocenters. The Labute approximate surface area is 121 Å². The normalized spacial score (nSPS) is 16.7. The molecule has 0 saturated heterocycles. The van der Waals surface area contributed by atoms with Gasteiger partial charge in [0.1, 0.15) is 5.82 Å². The third-order valence-corrected chi connectivity index (χ3v) is 3.91. The first kappa shape index (κ1) is 13.7. The number of nitro benzene ring substituents is 1. The number of rotatable bonds is 4. The molecule has 0 fully saturated rings. The largest absolute Gasteiger partial charge is 0.306 e. The van der Waals surface area contributed by atoms with Crippen LogP contribution in [-0.2, 0) is 13.0 Å². The van der Waals surface area contributed by atoms with Crippen molar-refractivity contribution in [2.75, 3.05) is 0 Å². The molecule has 2 aromatic carbocycles. The van der Waals surface area contributed by atoms with Crippen LogP contribution >= 0.6 is 0 Å². The van der Waals surface area contributed by atoms with Gasteiger partial charge in [-0.3, -0.25) is 10.1 Å². The zero-order chi connectivity index (χ0) is 14.8. The van der Waals surface area contributed by atoms with Crippen molar-refractivity contribution in [1.82, 2.24) is 5.32 Å². The first-order valence-electron chi connectivity index (χ1n) is 6.89. The molecule has 1 N–H and O–H groups in total. The second-order valence-corrected chi connectivity index (χ2v) is 5.20. The summed E-state index contributed by atoms with van der Waals surface area (Å²) in [5.74, 6) is -0.215. The standard InChI is InChI=1S/C16H15FN2O2/c17-13-6-7-14-11(9-13)5-8-15(14)18-10-12-3-1-2-4-16(12)19(20)21/h1-4,6-7,9,15,18H,5,8,10H2. The van der Waals surface area contributed by atoms with Crippen molar-refractivity contribution in [3.8, 4) is 0 Å². The molecule has 2 aromatic rings. The second kappa shape index (κ2) is 5.61. The average Bonchev–Trinajstić information content (AvgIpc) is 2.87. The highest BCUT2D eigenvalue weighted by Gasteiger charge is 2.23. The fourth-order valence-corrected chi connectivity index (χ4v) is 2.87. The molecule has 5 heteroatoms. The van der Waals surface area contributed by atoms with E-state index in [9.17, 15) is 14.5 Å². The molecule has 0 amide bonds. The maximum absolute atomic E-state index is 13.2. The van der Waals surface area contributed by atoms with Crippen LogP contribution in [0.3, 0.4) is 0 Å². The molecule has 0 bridgehead atoms. The molecule has 4 nitrogen and oxygen atoms in total. The van der Waals surface area contributed by atoms with Crippen molar-refractivity contribution in [1.29, 1.82) is 0 Å². The van der Waals surface area contributed by atoms with E-state index in [0.717, 1.165) is 24.0 Å². The molecule has 0 aliphatic heterocycles. The van der Waals surface area contributed by atoms with Gasteiger partial charge in [-0.25, -0.2) is 4.39 Å². The summed E-state index contributed by atoms with van der Waals surface area (Å²) in [7, 11) is 0. The Balaban J connectivity index is 1.75. The monoisotopic (exact) mass is 286 g/mol. The van der Waals surface area contributed by atoms with Crippen LogP contribution in [0.25, 0.3) is 0 Å². The lowest BCUT2D eigenvalue weighted by atomic mass is 10.1. The van der Waals surface area contributed by atoms with Gasteiger partial charge in [0.05, 0.1) is 4.92 Å². The van der Waals surface area contributed by atoms with Gasteiger partial charge < -0.3 is 5.32 Å². The SMILES string of the molecule is O=[N+]([O-])c1ccccc1CNC1CCc2cc(F)ccc21. The molecule has 0 aromatic heterocycles. The number of nitrogens with zero attached hydrogens (tertiary/aromatic N) is 1. The van der Waals surface area contributed by atoms with E-state index < -0.39 is 0 Å². The predicted octanol–water partition coefficient (Wildman–Crippen LogP) is 3.51. The molecule has 1 aliphatic rings. The maximum Gasteiger partial charge on any atom is 0.273 e. The number of fused-ring (bicyclic) bond motifs is 1. The highest BCUT2D eigenvalue weighted by atomic mass is 19.1. The summed E-state index contributed by atoms with van der Waals surface area (Å²) in [6.07, 6.45) is 1.72. The van der Waals surface area contributed by atoms with Gasteiger partial charge >= 0.3 is 0 Å². The smallest absolute Gasteiger partial charge is 0.273 e. The van der Waals surface area contributed by atoms with Gasteiger partial charge in [0.15, 0.2) is 0 Å². The number of para-hydroxylation sites is 1. The number of aryl methyl sites for hydroxylation is 1. The van der Waals surface area contributed by atoms with Crippen molar-refractivity contribution in [3.05, 3.63) is 75.1 Å². The van der Waals surface area contributed by atoms with E-state index in [-0.39, 0.29) is 22.5 Å². The van der Waals surface area contributed by atoms with Crippen LogP contribution in [0, 0.1) is 15.9 Å². The summed E-state index contributed by atoms with van der Waals surface area (Å²) < 4.78 is 13.2. The van der Waals surface area contributed by atoms with E-state index in [0.29, 0.717) is 12.1 Å². The lowest BCUT2D eigenvalue weighted by Crippen LogP contribution is -2.19. The molecule has 21 heavy (non-hydrogen) atoms. The Morgan fingerprint density at radius 1 is 1.29 bits per heavy atom. The molecule has 0 radical (unpaired) electrons. The topological polar surface area (TPSA) is 55.2 Å². The van der Waals surface area contributed by atoms with Gasteiger partial charge in [0, 0.05) is 24.2 Å². The molecule has 108 valence electrons. The Kier molecular flexibility index (Phi) is 3.66. The van der Waals surface area contributed by atoms with Gasteiger partial charge in [0.25, 0.3) is 5.69 Å². The fourth-order valence-electron chi connectivity index (χ4n) is 2.87. The zero-order valence-corrected chi connectivity index (χ0v) is 11.4. The minimum absolute atomic E-state index is 0.125. The quantitative estimate of drug-likeness (QED) is 0.691. The van der Waals surface area contributed by atoms with E-state index in [4.69, 9.17) is 0 Å². The molecular formula is C16H15FN2O2. The summed E-state index contributed by atoms with van der Waals surface area (Å²) in [4.78, 5) is 10.6. The minimum atomic E-state index is -0.366. The number of nitro groups is 1. The van der Waals surface area contributed by atoms with Crippen LogP contribution in [-0.4, -0.2) is 4.92 Å². The molecule has 0 spiro atoms. The van der Waals surface area contributed by atoms with E-state index in [1.807, 2.05) is 0 Å². The molecular weight excluding hydrogens is 271 g/mol. The molecule has 1 aliphatic carbocycles. The van der Waals surface area contributed by atoms with Gasteiger partial charge in [-0.2, -0.15) is 0 Å². The van der Waals surface area contributed by atoms with Crippen LogP contribution in [0.4, 0.5) is 10.1 Å². The summed E-state index contributed by atoms with van der Waals surface area (Å²) in [5, 5.41) is 14.3. The van der Waals surface area contributed by atoms with Crippen LogP contribution in [0.2, 0.25) is 0 Å². The molecule has 0 saturated carbocycles. The number of benzene rings is 2. The third kappa shape index (κ3) is 2.78. The summed E-state index contributed by atoms with van der Waals surface area (Å²) >= 11 is 0. The highest BCUT2D eigenvalue weighted by molar-refractivity contribution is 5.40. The highest BCUT2D eigenvalue weighted by Crippen LogP contribution is 2.32. The van der Waals surface area contributed by atoms with E-state index in [1.54, 1.807) is 30.3 Å². The first-order valence-corrected chi connectivity index (χ1v) is 6.89. The lowest BCUT2D eigenvalue weighted by Gasteiger charge is -2.14. The summed E-state index contributed by atoms with van der Waals surface area (Å²) in [6, 6.07) is 11.7. The molecule has 1 unspecified atom stereocenters. The molecule has 0 heterocycles. The Morgan fingerprint density at radius 2 is 2.10 bits per heavy atom. The molecule has 3 rings (SSSR count). The number of hydrogen-bond acceptors (Lipinski definition) is 3. The average molecular weight is 286 g/mol. The van der Waals surface area contributed by atoms with E-state index in [2.05, 4.69) is 5.32 Å². The predicted molar refractivity (Wildman–Crippen MR) is 77.4 cm³/mol. The van der Waals surface area contributed by atoms with Gasteiger partial charge in [-0.1, -0.05) is 24.3 Å². The summed E-state index contributed by atoms with van der Waals surface area (Å²) in [6.45, 7) is 0.429. The van der Waals surface area contributed by atoms with Crippen LogP contribution in [0.15, 0.2) is 42.5 Å². The van der Waals surface area contributed by atoms with Crippen molar-refractivity contribution in [2.45, 2.75) is 25.4 Å². The van der Waals surface area contributed by atoms with Crippen LogP contribution in [0.5, 0.6) is 0 Å². The minimum Gasteiger partial charge on any atom is -0.306 e. The number of halogens is 1. The Hall–Kier alpha value is -2.27. The van der Waals surface area contributed by atoms with Crippen molar-refractivity contribution >= 4 is 5.69 Å². The van der Waals surface area contributed by atoms with E-state index in [1.165, 1.54) is 12.1 Å². The number of nitrogens with one attached hydrogen (secondary N) is 1. The number of hydrogen-bond donors (Lipinski definition) is 1. The van der Waals surface area contributed by atoms with Crippen LogP contribution < -0.4 is 5.32 Å². The zero-order valence-electron chi connectivity index (χ0n) is 11.4. The van der Waals surface area contributed by atoms with E-state index >= 15 is 0 Å². The van der Waals surface area contributed by atoms with Crippen molar-refractivity contribution < 1.29 is 9.31 Å². The van der Waals surface area contributed by atoms with Crippen LogP contribution in [0.1, 0.15) is 29.2 Å². The van der Waals surface area contributed by atoms with Gasteiger partial charge in [-0.05, 0) is 36.1 Å².